The smallest absolute Gasteiger partial charge is 0.00501 e. The van der Waals surface area contributed by atoms with Crippen LogP contribution in [0.4, 0.5) is 0 Å². The summed E-state index contributed by atoms with van der Waals surface area (Å²) in [5.41, 5.74) is 0.548. The zero-order valence-electron chi connectivity index (χ0n) is 14.7. The van der Waals surface area contributed by atoms with Crippen LogP contribution >= 0.6 is 0 Å². The van der Waals surface area contributed by atoms with Gasteiger partial charge in [-0.25, -0.2) is 0 Å². The van der Waals surface area contributed by atoms with Gasteiger partial charge in [-0.15, -0.1) is 0 Å². The van der Waals surface area contributed by atoms with E-state index in [2.05, 4.69) is 44.8 Å². The van der Waals surface area contributed by atoms with Gasteiger partial charge in [0.25, 0.3) is 0 Å². The molecule has 1 fully saturated rings. The van der Waals surface area contributed by atoms with Gasteiger partial charge in [-0.3, -0.25) is 0 Å². The van der Waals surface area contributed by atoms with Crippen LogP contribution in [0.5, 0.6) is 0 Å². The second kappa shape index (κ2) is 9.04. The predicted molar refractivity (Wildman–Crippen MR) is 90.2 cm³/mol. The van der Waals surface area contributed by atoms with E-state index >= 15 is 0 Å². The Labute approximate surface area is 127 Å². The van der Waals surface area contributed by atoms with Crippen LogP contribution in [-0.4, -0.2) is 37.1 Å². The maximum Gasteiger partial charge on any atom is 0.00501 e. The van der Waals surface area contributed by atoms with E-state index < -0.39 is 0 Å². The van der Waals surface area contributed by atoms with Crippen LogP contribution in [0.15, 0.2) is 0 Å². The molecule has 0 unspecified atom stereocenters. The summed E-state index contributed by atoms with van der Waals surface area (Å²) < 4.78 is 0. The maximum atomic E-state index is 3.71. The van der Waals surface area contributed by atoms with Crippen molar-refractivity contribution in [2.45, 2.75) is 79.2 Å². The normalized spacial score (nSPS) is 18.6. The summed E-state index contributed by atoms with van der Waals surface area (Å²) >= 11 is 0. The lowest BCUT2D eigenvalue weighted by atomic mass is 9.84. The largest absolute Gasteiger partial charge is 0.314 e. The summed E-state index contributed by atoms with van der Waals surface area (Å²) in [6, 6.07) is 0.613. The molecule has 1 aliphatic carbocycles. The van der Waals surface area contributed by atoms with Crippen molar-refractivity contribution in [3.63, 3.8) is 0 Å². The van der Waals surface area contributed by atoms with Gasteiger partial charge in [0.05, 0.1) is 0 Å². The third-order valence-corrected chi connectivity index (χ3v) is 5.23. The van der Waals surface area contributed by atoms with Gasteiger partial charge in [-0.2, -0.15) is 0 Å². The summed E-state index contributed by atoms with van der Waals surface area (Å²) in [5.74, 6) is 0.881. The molecule has 2 heteroatoms. The molecule has 1 rings (SSSR count). The van der Waals surface area contributed by atoms with Crippen molar-refractivity contribution in [1.29, 1.82) is 0 Å². The Morgan fingerprint density at radius 1 is 1.05 bits per heavy atom. The first kappa shape index (κ1) is 18.0. The van der Waals surface area contributed by atoms with E-state index in [0.29, 0.717) is 11.5 Å². The van der Waals surface area contributed by atoms with Crippen LogP contribution in [0.2, 0.25) is 0 Å². The topological polar surface area (TPSA) is 15.3 Å². The van der Waals surface area contributed by atoms with Crippen molar-refractivity contribution in [2.75, 3.05) is 26.2 Å². The fourth-order valence-electron chi connectivity index (χ4n) is 3.63. The summed E-state index contributed by atoms with van der Waals surface area (Å²) in [5, 5.41) is 3.71. The van der Waals surface area contributed by atoms with E-state index in [1.807, 2.05) is 0 Å². The van der Waals surface area contributed by atoms with Crippen LogP contribution in [0, 0.1) is 11.3 Å². The van der Waals surface area contributed by atoms with Gasteiger partial charge < -0.3 is 10.2 Å². The molecule has 0 aromatic rings. The van der Waals surface area contributed by atoms with E-state index in [0.717, 1.165) is 5.92 Å². The molecule has 0 saturated heterocycles. The number of rotatable bonds is 10. The van der Waals surface area contributed by atoms with Crippen molar-refractivity contribution >= 4 is 0 Å². The minimum Gasteiger partial charge on any atom is -0.314 e. The van der Waals surface area contributed by atoms with Gasteiger partial charge in [0.15, 0.2) is 0 Å². The number of nitrogens with one attached hydrogen (secondary N) is 1. The first-order valence-corrected chi connectivity index (χ1v) is 9.01. The van der Waals surface area contributed by atoms with Gasteiger partial charge in [-0.05, 0) is 30.7 Å². The molecule has 0 radical (unpaired) electrons. The third kappa shape index (κ3) is 5.73. The van der Waals surface area contributed by atoms with Crippen LogP contribution in [0.3, 0.4) is 0 Å². The lowest BCUT2D eigenvalue weighted by Gasteiger charge is -2.37. The molecule has 0 bridgehead atoms. The van der Waals surface area contributed by atoms with Crippen molar-refractivity contribution in [1.82, 2.24) is 10.2 Å². The van der Waals surface area contributed by atoms with Crippen molar-refractivity contribution in [2.24, 2.45) is 11.3 Å². The van der Waals surface area contributed by atoms with E-state index in [9.17, 15) is 0 Å². The average Bonchev–Trinajstić information content (AvgIpc) is 2.90. The van der Waals surface area contributed by atoms with Crippen LogP contribution in [0.25, 0.3) is 0 Å². The Hall–Kier alpha value is -0.0800. The van der Waals surface area contributed by atoms with E-state index in [-0.39, 0.29) is 0 Å². The molecule has 1 aliphatic rings. The van der Waals surface area contributed by atoms with Gasteiger partial charge in [0, 0.05) is 25.7 Å². The quantitative estimate of drug-likeness (QED) is 0.642. The van der Waals surface area contributed by atoms with Crippen molar-refractivity contribution in [3.05, 3.63) is 0 Å². The first-order chi connectivity index (χ1) is 9.55. The lowest BCUT2D eigenvalue weighted by Crippen LogP contribution is -2.45. The minimum absolute atomic E-state index is 0.548. The van der Waals surface area contributed by atoms with E-state index in [4.69, 9.17) is 0 Å². The molecule has 0 heterocycles. The maximum absolute atomic E-state index is 3.71. The van der Waals surface area contributed by atoms with Crippen LogP contribution in [0.1, 0.15) is 73.1 Å². The molecule has 2 nitrogen and oxygen atoms in total. The highest BCUT2D eigenvalue weighted by molar-refractivity contribution is 4.90. The Morgan fingerprint density at radius 3 is 2.10 bits per heavy atom. The number of hydrogen-bond acceptors (Lipinski definition) is 2. The molecule has 0 aromatic carbocycles. The molecule has 0 aromatic heterocycles. The number of hydrogen-bond donors (Lipinski definition) is 1. The molecular weight excluding hydrogens is 244 g/mol. The summed E-state index contributed by atoms with van der Waals surface area (Å²) in [6.07, 6.45) is 8.36. The zero-order chi connectivity index (χ0) is 15.0. The van der Waals surface area contributed by atoms with Gasteiger partial charge in [-0.1, -0.05) is 60.3 Å². The Balaban J connectivity index is 2.57. The molecule has 1 N–H and O–H groups in total. The molecule has 0 amide bonds. The highest BCUT2D eigenvalue weighted by Gasteiger charge is 2.35. The predicted octanol–water partition coefficient (Wildman–Crippen LogP) is 4.30. The van der Waals surface area contributed by atoms with Crippen LogP contribution < -0.4 is 5.32 Å². The highest BCUT2D eigenvalue weighted by Crippen LogP contribution is 2.38. The van der Waals surface area contributed by atoms with Gasteiger partial charge in [0.1, 0.15) is 0 Å². The first-order valence-electron chi connectivity index (χ1n) is 9.01. The molecule has 1 saturated carbocycles. The molecule has 0 aliphatic heterocycles. The Kier molecular flexibility index (Phi) is 8.13. The second-order valence-corrected chi connectivity index (χ2v) is 7.25. The van der Waals surface area contributed by atoms with E-state index in [1.165, 1.54) is 64.7 Å². The molecule has 120 valence electrons. The molecule has 0 spiro atoms. The summed E-state index contributed by atoms with van der Waals surface area (Å²) in [7, 11) is 0. The van der Waals surface area contributed by atoms with E-state index in [1.54, 1.807) is 0 Å². The highest BCUT2D eigenvalue weighted by atomic mass is 15.1. The van der Waals surface area contributed by atoms with Gasteiger partial charge in [0.2, 0.25) is 0 Å². The fraction of sp³-hybridized carbons (Fsp3) is 1.00. The minimum atomic E-state index is 0.548. The van der Waals surface area contributed by atoms with Crippen molar-refractivity contribution < 1.29 is 0 Å². The summed E-state index contributed by atoms with van der Waals surface area (Å²) in [6.45, 7) is 16.6. The standard InChI is InChI=1S/C18H38N2/c1-6-17(7-2)13-20(8-3)15-18(11-9-10-12-18)14-19-16(4)5/h16-17,19H,6-15H2,1-5H3. The Bertz CT molecular complexity index is 240. The average molecular weight is 283 g/mol. The monoisotopic (exact) mass is 282 g/mol. The third-order valence-electron chi connectivity index (χ3n) is 5.23. The van der Waals surface area contributed by atoms with Crippen molar-refractivity contribution in [3.8, 4) is 0 Å². The second-order valence-electron chi connectivity index (χ2n) is 7.25. The molecule has 0 atom stereocenters. The number of nitrogens with zero attached hydrogens (tertiary/aromatic N) is 1. The zero-order valence-corrected chi connectivity index (χ0v) is 14.7. The molecule has 20 heavy (non-hydrogen) atoms. The van der Waals surface area contributed by atoms with Gasteiger partial charge >= 0.3 is 0 Å². The molecular formula is C18H38N2. The van der Waals surface area contributed by atoms with Crippen LogP contribution in [-0.2, 0) is 0 Å². The summed E-state index contributed by atoms with van der Waals surface area (Å²) in [4.78, 5) is 2.73. The Morgan fingerprint density at radius 2 is 1.65 bits per heavy atom. The lowest BCUT2D eigenvalue weighted by molar-refractivity contribution is 0.132. The fourth-order valence-corrected chi connectivity index (χ4v) is 3.63. The SMILES string of the molecule is CCC(CC)CN(CC)CC1(CNC(C)C)CCCC1.